The lowest BCUT2D eigenvalue weighted by atomic mass is 9.79. The van der Waals surface area contributed by atoms with Crippen LogP contribution in [0.25, 0.3) is 0 Å². The topological polar surface area (TPSA) is 76.4 Å². The Bertz CT molecular complexity index is 839. The average molecular weight is 397 g/mol. The number of rotatable bonds is 6. The van der Waals surface area contributed by atoms with Crippen molar-refractivity contribution in [2.24, 2.45) is 4.99 Å². The van der Waals surface area contributed by atoms with Crippen LogP contribution in [0.15, 0.2) is 35.6 Å². The van der Waals surface area contributed by atoms with Crippen LogP contribution in [-0.4, -0.2) is 47.0 Å². The molecule has 1 atom stereocenters. The number of methoxy groups -OCH3 is 1. The van der Waals surface area contributed by atoms with E-state index in [0.717, 1.165) is 50.0 Å². The molecule has 29 heavy (non-hydrogen) atoms. The van der Waals surface area contributed by atoms with Crippen molar-refractivity contribution in [3.8, 4) is 5.75 Å². The van der Waals surface area contributed by atoms with E-state index >= 15 is 0 Å². The Morgan fingerprint density at radius 2 is 2.21 bits per heavy atom. The zero-order valence-corrected chi connectivity index (χ0v) is 17.5. The van der Waals surface area contributed by atoms with Gasteiger partial charge < -0.3 is 15.4 Å². The lowest BCUT2D eigenvalue weighted by Crippen LogP contribution is -2.47. The summed E-state index contributed by atoms with van der Waals surface area (Å²) in [6.45, 7) is 4.58. The van der Waals surface area contributed by atoms with Crippen LogP contribution in [0.3, 0.4) is 0 Å². The summed E-state index contributed by atoms with van der Waals surface area (Å²) in [5.74, 6) is 2.90. The number of benzene rings is 1. The van der Waals surface area contributed by atoms with Gasteiger partial charge in [0, 0.05) is 24.4 Å². The Hall–Kier alpha value is -2.57. The molecule has 2 aromatic rings. The maximum absolute atomic E-state index is 5.47. The Balaban J connectivity index is 1.49. The number of fused-ring (bicyclic) bond motifs is 1. The SMILES string of the molecule is CCNC(=NCC1(c2cccc(OC)c2)CCCC1)NC1CCc2ncnn2C1. The van der Waals surface area contributed by atoms with E-state index in [4.69, 9.17) is 9.73 Å². The minimum atomic E-state index is 0.0997. The highest BCUT2D eigenvalue weighted by molar-refractivity contribution is 5.80. The van der Waals surface area contributed by atoms with Crippen molar-refractivity contribution in [3.05, 3.63) is 42.0 Å². The van der Waals surface area contributed by atoms with Crippen molar-refractivity contribution in [3.63, 3.8) is 0 Å². The fourth-order valence-electron chi connectivity index (χ4n) is 4.64. The third kappa shape index (κ3) is 4.38. The van der Waals surface area contributed by atoms with Crippen LogP contribution in [0.1, 0.15) is 50.4 Å². The van der Waals surface area contributed by atoms with Crippen LogP contribution < -0.4 is 15.4 Å². The van der Waals surface area contributed by atoms with Crippen molar-refractivity contribution >= 4 is 5.96 Å². The number of aliphatic imine (C=N–C) groups is 1. The van der Waals surface area contributed by atoms with Gasteiger partial charge in [0.15, 0.2) is 5.96 Å². The van der Waals surface area contributed by atoms with Gasteiger partial charge in [0.2, 0.25) is 0 Å². The van der Waals surface area contributed by atoms with Crippen LogP contribution in [0.4, 0.5) is 0 Å². The fraction of sp³-hybridized carbons (Fsp3) is 0.591. The van der Waals surface area contributed by atoms with Crippen molar-refractivity contribution in [2.75, 3.05) is 20.2 Å². The molecule has 1 aromatic heterocycles. The molecule has 0 bridgehead atoms. The van der Waals surface area contributed by atoms with Crippen molar-refractivity contribution in [1.29, 1.82) is 0 Å². The molecule has 1 aliphatic carbocycles. The van der Waals surface area contributed by atoms with Crippen molar-refractivity contribution in [1.82, 2.24) is 25.4 Å². The van der Waals surface area contributed by atoms with Gasteiger partial charge in [-0.1, -0.05) is 25.0 Å². The summed E-state index contributed by atoms with van der Waals surface area (Å²) >= 11 is 0. The normalized spacial score (nSPS) is 20.9. The first-order chi connectivity index (χ1) is 14.2. The minimum absolute atomic E-state index is 0.0997. The quantitative estimate of drug-likeness (QED) is 0.580. The van der Waals surface area contributed by atoms with Crippen LogP contribution in [0, 0.1) is 0 Å². The predicted octanol–water partition coefficient (Wildman–Crippen LogP) is 2.67. The highest BCUT2D eigenvalue weighted by Gasteiger charge is 2.36. The maximum Gasteiger partial charge on any atom is 0.191 e. The standard InChI is InChI=1S/C22H32N6O/c1-3-23-21(27-18-9-10-20-25-16-26-28(20)14-18)24-15-22(11-4-5-12-22)17-7-6-8-19(13-17)29-2/h6-8,13,16,18H,3-5,9-12,14-15H2,1-2H3,(H2,23,24,27). The van der Waals surface area contributed by atoms with Gasteiger partial charge in [-0.2, -0.15) is 5.10 Å². The van der Waals surface area contributed by atoms with E-state index in [-0.39, 0.29) is 5.41 Å². The third-order valence-electron chi connectivity index (χ3n) is 6.27. The molecular weight excluding hydrogens is 364 g/mol. The second kappa shape index (κ2) is 8.84. The highest BCUT2D eigenvalue weighted by Crippen LogP contribution is 2.42. The summed E-state index contributed by atoms with van der Waals surface area (Å²) in [6, 6.07) is 8.85. The molecular formula is C22H32N6O. The van der Waals surface area contributed by atoms with Gasteiger partial charge >= 0.3 is 0 Å². The second-order valence-electron chi connectivity index (χ2n) is 8.15. The zero-order valence-electron chi connectivity index (χ0n) is 17.5. The number of guanidine groups is 1. The molecule has 0 radical (unpaired) electrons. The fourth-order valence-corrected chi connectivity index (χ4v) is 4.64. The summed E-state index contributed by atoms with van der Waals surface area (Å²) in [4.78, 5) is 9.37. The monoisotopic (exact) mass is 396 g/mol. The second-order valence-corrected chi connectivity index (χ2v) is 8.15. The number of nitrogens with one attached hydrogen (secondary N) is 2. The molecule has 0 amide bonds. The number of hydrogen-bond acceptors (Lipinski definition) is 4. The number of hydrogen-bond donors (Lipinski definition) is 2. The van der Waals surface area contributed by atoms with Crippen LogP contribution in [0.2, 0.25) is 0 Å². The first-order valence-corrected chi connectivity index (χ1v) is 10.8. The molecule has 1 unspecified atom stereocenters. The molecule has 0 spiro atoms. The van der Waals surface area contributed by atoms with Gasteiger partial charge in [0.05, 0.1) is 20.2 Å². The molecule has 7 nitrogen and oxygen atoms in total. The molecule has 2 heterocycles. The number of ether oxygens (including phenoxy) is 1. The van der Waals surface area contributed by atoms with Gasteiger partial charge in [0.25, 0.3) is 0 Å². The van der Waals surface area contributed by atoms with Gasteiger partial charge in [0.1, 0.15) is 17.9 Å². The van der Waals surface area contributed by atoms with E-state index in [1.165, 1.54) is 31.2 Å². The largest absolute Gasteiger partial charge is 0.497 e. The van der Waals surface area contributed by atoms with Gasteiger partial charge in [-0.3, -0.25) is 4.99 Å². The van der Waals surface area contributed by atoms with E-state index in [1.54, 1.807) is 13.4 Å². The van der Waals surface area contributed by atoms with Crippen LogP contribution >= 0.6 is 0 Å². The molecule has 1 aromatic carbocycles. The van der Waals surface area contributed by atoms with E-state index in [1.807, 2.05) is 10.7 Å². The van der Waals surface area contributed by atoms with E-state index in [9.17, 15) is 0 Å². The van der Waals surface area contributed by atoms with E-state index < -0.39 is 0 Å². The van der Waals surface area contributed by atoms with Gasteiger partial charge in [-0.05, 0) is 43.9 Å². The Labute approximate surface area is 173 Å². The molecule has 7 heteroatoms. The summed E-state index contributed by atoms with van der Waals surface area (Å²) in [7, 11) is 1.73. The van der Waals surface area contributed by atoms with Crippen molar-refractivity contribution in [2.45, 2.75) is 63.5 Å². The average Bonchev–Trinajstić information content (AvgIpc) is 3.42. The third-order valence-corrected chi connectivity index (χ3v) is 6.27. The number of nitrogens with zero attached hydrogens (tertiary/aromatic N) is 4. The van der Waals surface area contributed by atoms with Crippen LogP contribution in [-0.2, 0) is 18.4 Å². The molecule has 0 saturated heterocycles. The van der Waals surface area contributed by atoms with Gasteiger partial charge in [-0.15, -0.1) is 0 Å². The number of aromatic nitrogens is 3. The maximum atomic E-state index is 5.47. The summed E-state index contributed by atoms with van der Waals surface area (Å²) in [6.07, 6.45) is 8.51. The van der Waals surface area contributed by atoms with Gasteiger partial charge in [-0.25, -0.2) is 9.67 Å². The van der Waals surface area contributed by atoms with Crippen LogP contribution in [0.5, 0.6) is 5.75 Å². The first kappa shape index (κ1) is 19.7. The Morgan fingerprint density at radius 1 is 1.34 bits per heavy atom. The van der Waals surface area contributed by atoms with E-state index in [0.29, 0.717) is 6.04 Å². The molecule has 4 rings (SSSR count). The smallest absolute Gasteiger partial charge is 0.191 e. The Morgan fingerprint density at radius 3 is 3.00 bits per heavy atom. The molecule has 1 saturated carbocycles. The predicted molar refractivity (Wildman–Crippen MR) is 114 cm³/mol. The van der Waals surface area contributed by atoms with E-state index in [2.05, 4.69) is 45.8 Å². The lowest BCUT2D eigenvalue weighted by Gasteiger charge is -2.30. The summed E-state index contributed by atoms with van der Waals surface area (Å²) in [5.41, 5.74) is 1.45. The molecule has 156 valence electrons. The van der Waals surface area contributed by atoms with Crippen molar-refractivity contribution < 1.29 is 4.74 Å². The highest BCUT2D eigenvalue weighted by atomic mass is 16.5. The molecule has 1 aliphatic heterocycles. The first-order valence-electron chi connectivity index (χ1n) is 10.8. The molecule has 1 fully saturated rings. The molecule has 2 N–H and O–H groups in total. The zero-order chi connectivity index (χ0) is 20.1. The summed E-state index contributed by atoms with van der Waals surface area (Å²) < 4.78 is 7.47. The molecule has 2 aliphatic rings. The lowest BCUT2D eigenvalue weighted by molar-refractivity contribution is 0.390. The minimum Gasteiger partial charge on any atom is -0.497 e. The number of aryl methyl sites for hydroxylation is 1. The summed E-state index contributed by atoms with van der Waals surface area (Å²) in [5, 5.41) is 11.4. The Kier molecular flexibility index (Phi) is 6.02.